The summed E-state index contributed by atoms with van der Waals surface area (Å²) in [4.78, 5) is 19.2. The molecule has 2 rings (SSSR count). The molecule has 0 saturated carbocycles. The van der Waals surface area contributed by atoms with Gasteiger partial charge in [0, 0.05) is 12.3 Å². The van der Waals surface area contributed by atoms with Gasteiger partial charge in [0.1, 0.15) is 17.4 Å². The molecule has 1 aromatic heterocycles. The third kappa shape index (κ3) is 2.72. The van der Waals surface area contributed by atoms with E-state index < -0.39 is 17.5 Å². The molecule has 92 valence electrons. The van der Waals surface area contributed by atoms with Crippen molar-refractivity contribution in [3.8, 4) is 5.75 Å². The quantitative estimate of drug-likeness (QED) is 0.818. The van der Waals surface area contributed by atoms with Crippen LogP contribution in [-0.2, 0) is 0 Å². The second kappa shape index (κ2) is 4.97. The molecule has 0 aliphatic carbocycles. The van der Waals surface area contributed by atoms with Crippen molar-refractivity contribution in [3.05, 3.63) is 47.1 Å². The lowest BCUT2D eigenvalue weighted by molar-refractivity contribution is 0.102. The van der Waals surface area contributed by atoms with Crippen LogP contribution in [0.5, 0.6) is 5.75 Å². The Morgan fingerprint density at radius 1 is 1.39 bits per heavy atom. The molecule has 0 spiro atoms. The van der Waals surface area contributed by atoms with Crippen molar-refractivity contribution < 1.29 is 14.3 Å². The Morgan fingerprint density at radius 2 is 2.17 bits per heavy atom. The number of amides is 1. The smallest absolute Gasteiger partial charge is 0.260 e. The zero-order valence-electron chi connectivity index (χ0n) is 8.89. The molecule has 0 radical (unpaired) electrons. The molecule has 1 amide bonds. The van der Waals surface area contributed by atoms with Crippen molar-refractivity contribution in [1.29, 1.82) is 0 Å². The van der Waals surface area contributed by atoms with Crippen LogP contribution in [0.3, 0.4) is 0 Å². The van der Waals surface area contributed by atoms with Crippen molar-refractivity contribution in [2.24, 2.45) is 0 Å². The van der Waals surface area contributed by atoms with Crippen LogP contribution in [0.1, 0.15) is 10.4 Å². The second-order valence-electron chi connectivity index (χ2n) is 3.33. The molecule has 0 saturated heterocycles. The summed E-state index contributed by atoms with van der Waals surface area (Å²) in [5.74, 6) is -1.52. The topological polar surface area (TPSA) is 75.1 Å². The summed E-state index contributed by atoms with van der Waals surface area (Å²) in [7, 11) is 0. The van der Waals surface area contributed by atoms with Gasteiger partial charge in [-0.05, 0) is 29.8 Å². The van der Waals surface area contributed by atoms with Gasteiger partial charge >= 0.3 is 0 Å². The van der Waals surface area contributed by atoms with Crippen molar-refractivity contribution in [2.45, 2.75) is 0 Å². The Kier molecular flexibility index (Phi) is 3.38. The zero-order valence-corrected chi connectivity index (χ0v) is 9.65. The predicted molar refractivity (Wildman–Crippen MR) is 63.1 cm³/mol. The van der Waals surface area contributed by atoms with Crippen LogP contribution < -0.4 is 5.32 Å². The first kappa shape index (κ1) is 12.3. The third-order valence-electron chi connectivity index (χ3n) is 2.07. The Hall–Kier alpha value is -2.21. The molecule has 7 heteroatoms. The summed E-state index contributed by atoms with van der Waals surface area (Å²) in [5.41, 5.74) is -0.0638. The van der Waals surface area contributed by atoms with Gasteiger partial charge in [-0.1, -0.05) is 0 Å². The van der Waals surface area contributed by atoms with Gasteiger partial charge < -0.3 is 10.4 Å². The number of nitrogens with zero attached hydrogens (tertiary/aromatic N) is 2. The normalized spacial score (nSPS) is 10.1. The SMILES string of the molecule is O=C(Nc1ccnc(Cl)n1)c1ccc(F)cc1O. The maximum absolute atomic E-state index is 12.8. The lowest BCUT2D eigenvalue weighted by atomic mass is 10.2. The Bertz CT molecular complexity index is 607. The molecule has 1 heterocycles. The number of nitrogens with one attached hydrogen (secondary N) is 1. The number of aromatic nitrogens is 2. The summed E-state index contributed by atoms with van der Waals surface area (Å²) in [6, 6.07) is 4.52. The number of halogens is 2. The molecular formula is C11H7ClFN3O2. The monoisotopic (exact) mass is 267 g/mol. The van der Waals surface area contributed by atoms with Crippen molar-refractivity contribution in [2.75, 3.05) is 5.32 Å². The number of benzene rings is 1. The van der Waals surface area contributed by atoms with Gasteiger partial charge in [0.05, 0.1) is 5.56 Å². The first-order chi connectivity index (χ1) is 8.56. The minimum Gasteiger partial charge on any atom is -0.507 e. The summed E-state index contributed by atoms with van der Waals surface area (Å²) in [5, 5.41) is 11.8. The van der Waals surface area contributed by atoms with Crippen molar-refractivity contribution >= 4 is 23.3 Å². The molecule has 5 nitrogen and oxygen atoms in total. The number of anilines is 1. The lowest BCUT2D eigenvalue weighted by Crippen LogP contribution is -2.13. The van der Waals surface area contributed by atoms with Gasteiger partial charge in [0.25, 0.3) is 5.91 Å². The summed E-state index contributed by atoms with van der Waals surface area (Å²) >= 11 is 5.55. The highest BCUT2D eigenvalue weighted by Gasteiger charge is 2.12. The summed E-state index contributed by atoms with van der Waals surface area (Å²) in [6.07, 6.45) is 1.37. The van der Waals surface area contributed by atoms with E-state index in [1.807, 2.05) is 0 Å². The number of rotatable bonds is 2. The summed E-state index contributed by atoms with van der Waals surface area (Å²) in [6.45, 7) is 0. The standard InChI is InChI=1S/C11H7ClFN3O2/c12-11-14-4-3-9(16-11)15-10(18)7-2-1-6(13)5-8(7)17/h1-5,17H,(H,14,15,16,18). The van der Waals surface area contributed by atoms with Crippen LogP contribution in [0.2, 0.25) is 5.28 Å². The highest BCUT2D eigenvalue weighted by molar-refractivity contribution is 6.28. The molecule has 0 unspecified atom stereocenters. The largest absolute Gasteiger partial charge is 0.507 e. The van der Waals surface area contributed by atoms with E-state index >= 15 is 0 Å². The molecule has 0 atom stereocenters. The molecule has 0 aliphatic heterocycles. The number of phenolic OH excluding ortho intramolecular Hbond substituents is 1. The fourth-order valence-electron chi connectivity index (χ4n) is 1.28. The van der Waals surface area contributed by atoms with E-state index in [2.05, 4.69) is 15.3 Å². The van der Waals surface area contributed by atoms with Gasteiger partial charge in [0.2, 0.25) is 5.28 Å². The molecule has 2 aromatic rings. The highest BCUT2D eigenvalue weighted by atomic mass is 35.5. The molecule has 2 N–H and O–H groups in total. The number of carbonyl (C=O) groups excluding carboxylic acids is 1. The van der Waals surface area contributed by atoms with Crippen LogP contribution in [-0.4, -0.2) is 21.0 Å². The van der Waals surface area contributed by atoms with Crippen LogP contribution in [0, 0.1) is 5.82 Å². The van der Waals surface area contributed by atoms with E-state index in [-0.39, 0.29) is 16.7 Å². The van der Waals surface area contributed by atoms with Crippen molar-refractivity contribution in [1.82, 2.24) is 9.97 Å². The maximum Gasteiger partial charge on any atom is 0.260 e. The van der Waals surface area contributed by atoms with Gasteiger partial charge in [-0.15, -0.1) is 0 Å². The second-order valence-corrected chi connectivity index (χ2v) is 3.66. The number of aromatic hydroxyl groups is 1. The first-order valence-electron chi connectivity index (χ1n) is 4.84. The van der Waals surface area contributed by atoms with E-state index in [1.165, 1.54) is 18.3 Å². The van der Waals surface area contributed by atoms with Gasteiger partial charge in [-0.2, -0.15) is 0 Å². The first-order valence-corrected chi connectivity index (χ1v) is 5.22. The fourth-order valence-corrected chi connectivity index (χ4v) is 1.43. The average Bonchev–Trinajstić information content (AvgIpc) is 2.28. The highest BCUT2D eigenvalue weighted by Crippen LogP contribution is 2.19. The molecule has 0 fully saturated rings. The summed E-state index contributed by atoms with van der Waals surface area (Å²) < 4.78 is 12.8. The van der Waals surface area contributed by atoms with E-state index in [0.717, 1.165) is 12.1 Å². The fraction of sp³-hybridized carbons (Fsp3) is 0. The Morgan fingerprint density at radius 3 is 2.83 bits per heavy atom. The maximum atomic E-state index is 12.8. The molecule has 0 aliphatic rings. The van der Waals surface area contributed by atoms with Crippen LogP contribution in [0.4, 0.5) is 10.2 Å². The third-order valence-corrected chi connectivity index (χ3v) is 2.25. The van der Waals surface area contributed by atoms with Gasteiger partial charge in [-0.25, -0.2) is 14.4 Å². The van der Waals surface area contributed by atoms with E-state index in [1.54, 1.807) is 0 Å². The number of carbonyl (C=O) groups is 1. The molecule has 1 aromatic carbocycles. The minimum absolute atomic E-state index is 0.0175. The van der Waals surface area contributed by atoms with Crippen LogP contribution in [0.25, 0.3) is 0 Å². The Labute approximate surface area is 106 Å². The number of phenols is 1. The van der Waals surface area contributed by atoms with E-state index in [4.69, 9.17) is 11.6 Å². The number of hydrogen-bond donors (Lipinski definition) is 2. The minimum atomic E-state index is -0.630. The van der Waals surface area contributed by atoms with E-state index in [9.17, 15) is 14.3 Å². The zero-order chi connectivity index (χ0) is 13.1. The predicted octanol–water partition coefficient (Wildman–Crippen LogP) is 2.23. The van der Waals surface area contributed by atoms with Crippen LogP contribution >= 0.6 is 11.6 Å². The molecular weight excluding hydrogens is 261 g/mol. The molecule has 18 heavy (non-hydrogen) atoms. The Balaban J connectivity index is 2.22. The van der Waals surface area contributed by atoms with Gasteiger partial charge in [-0.3, -0.25) is 4.79 Å². The lowest BCUT2D eigenvalue weighted by Gasteiger charge is -2.05. The van der Waals surface area contributed by atoms with E-state index in [0.29, 0.717) is 0 Å². The van der Waals surface area contributed by atoms with Crippen molar-refractivity contribution in [3.63, 3.8) is 0 Å². The molecule has 0 bridgehead atoms. The number of hydrogen-bond acceptors (Lipinski definition) is 4. The average molecular weight is 268 g/mol. The van der Waals surface area contributed by atoms with Gasteiger partial charge in [0.15, 0.2) is 0 Å². The van der Waals surface area contributed by atoms with Crippen LogP contribution in [0.15, 0.2) is 30.5 Å².